The van der Waals surface area contributed by atoms with Crippen LogP contribution in [0.4, 0.5) is 0 Å². The third-order valence-electron chi connectivity index (χ3n) is 5.60. The number of aromatic nitrogens is 2. The first-order chi connectivity index (χ1) is 15.6. The number of rotatable bonds is 10. The Hall–Kier alpha value is -3.48. The van der Waals surface area contributed by atoms with Crippen LogP contribution < -0.4 is 19.5 Å². The van der Waals surface area contributed by atoms with E-state index in [1.807, 2.05) is 55.5 Å². The second-order valence-corrected chi connectivity index (χ2v) is 8.01. The van der Waals surface area contributed by atoms with Gasteiger partial charge < -0.3 is 19.5 Å². The molecule has 7 heteroatoms. The van der Waals surface area contributed by atoms with Crippen LogP contribution in [0.15, 0.2) is 48.5 Å². The molecule has 0 bridgehead atoms. The molecule has 0 radical (unpaired) electrons. The van der Waals surface area contributed by atoms with Gasteiger partial charge in [0.2, 0.25) is 11.8 Å². The molecule has 0 unspecified atom stereocenters. The molecule has 1 aliphatic rings. The van der Waals surface area contributed by atoms with Crippen LogP contribution in [0.5, 0.6) is 23.1 Å². The normalized spacial score (nSPS) is 13.0. The average molecular weight is 436 g/mol. The number of methoxy groups -OCH3 is 2. The first-order valence-electron chi connectivity index (χ1n) is 10.9. The molecule has 32 heavy (non-hydrogen) atoms. The molecule has 1 saturated carbocycles. The van der Waals surface area contributed by atoms with Crippen LogP contribution in [-0.2, 0) is 11.2 Å². The van der Waals surface area contributed by atoms with Crippen LogP contribution in [0.3, 0.4) is 0 Å². The highest BCUT2D eigenvalue weighted by molar-refractivity contribution is 5.76. The van der Waals surface area contributed by atoms with E-state index in [-0.39, 0.29) is 5.91 Å². The molecule has 2 aromatic carbocycles. The number of carbonyl (C=O) groups excluding carboxylic acids is 1. The smallest absolute Gasteiger partial charge is 0.226 e. The summed E-state index contributed by atoms with van der Waals surface area (Å²) < 4.78 is 18.7. The van der Waals surface area contributed by atoms with Gasteiger partial charge in [-0.1, -0.05) is 6.07 Å². The third kappa shape index (κ3) is 5.22. The molecule has 1 fully saturated rings. The van der Waals surface area contributed by atoms with Crippen LogP contribution in [0.1, 0.15) is 30.5 Å². The Balaban J connectivity index is 1.62. The van der Waals surface area contributed by atoms with Gasteiger partial charge >= 0.3 is 0 Å². The first-order valence-corrected chi connectivity index (χ1v) is 10.9. The molecule has 1 N–H and O–H groups in total. The molecule has 1 aromatic heterocycles. The summed E-state index contributed by atoms with van der Waals surface area (Å²) in [5, 5.41) is 7.76. The number of hydrogen-bond donors (Lipinski definition) is 1. The summed E-state index contributed by atoms with van der Waals surface area (Å²) in [5.74, 6) is 3.41. The molecule has 0 spiro atoms. The fourth-order valence-corrected chi connectivity index (χ4v) is 3.51. The fraction of sp³-hybridized carbons (Fsp3) is 0.360. The van der Waals surface area contributed by atoms with E-state index < -0.39 is 0 Å². The number of nitrogens with zero attached hydrogens (tertiary/aromatic N) is 2. The molecule has 1 heterocycles. The minimum atomic E-state index is 0.0563. The fourth-order valence-electron chi connectivity index (χ4n) is 3.51. The SMILES string of the molecule is COc1ccc(-n2nc(C)c(CCC(=O)NCC3CC3)c2Oc2cccc(OC)c2)cc1. The Labute approximate surface area is 188 Å². The quantitative estimate of drug-likeness (QED) is 0.509. The van der Waals surface area contributed by atoms with Crippen LogP contribution in [0.25, 0.3) is 5.69 Å². The predicted octanol–water partition coefficient (Wildman–Crippen LogP) is 4.45. The zero-order valence-electron chi connectivity index (χ0n) is 18.8. The van der Waals surface area contributed by atoms with Crippen molar-refractivity contribution >= 4 is 5.91 Å². The van der Waals surface area contributed by atoms with E-state index in [0.29, 0.717) is 36.1 Å². The summed E-state index contributed by atoms with van der Waals surface area (Å²) in [6.45, 7) is 2.71. The van der Waals surface area contributed by atoms with Gasteiger partial charge in [-0.25, -0.2) is 4.68 Å². The first kappa shape index (κ1) is 21.7. The van der Waals surface area contributed by atoms with Gasteiger partial charge in [-0.3, -0.25) is 4.79 Å². The molecule has 3 aromatic rings. The summed E-state index contributed by atoms with van der Waals surface area (Å²) in [7, 11) is 3.26. The van der Waals surface area contributed by atoms with Gasteiger partial charge in [0.25, 0.3) is 0 Å². The van der Waals surface area contributed by atoms with Gasteiger partial charge in [-0.2, -0.15) is 5.10 Å². The second kappa shape index (κ2) is 9.77. The van der Waals surface area contributed by atoms with Crippen molar-refractivity contribution in [3.05, 3.63) is 59.8 Å². The molecule has 4 rings (SSSR count). The summed E-state index contributed by atoms with van der Waals surface area (Å²) in [4.78, 5) is 12.4. The molecule has 7 nitrogen and oxygen atoms in total. The Morgan fingerprint density at radius 1 is 1.06 bits per heavy atom. The highest BCUT2D eigenvalue weighted by atomic mass is 16.5. The summed E-state index contributed by atoms with van der Waals surface area (Å²) >= 11 is 0. The second-order valence-electron chi connectivity index (χ2n) is 8.01. The van der Waals surface area contributed by atoms with Gasteiger partial charge in [0.1, 0.15) is 17.2 Å². The Morgan fingerprint density at radius 3 is 2.47 bits per heavy atom. The maximum absolute atomic E-state index is 12.4. The standard InChI is InChI=1S/C25H29N3O4/c1-17-23(13-14-24(29)26-16-18-7-8-18)25(32-22-6-4-5-21(15-22)31-3)28(27-17)19-9-11-20(30-2)12-10-19/h4-6,9-12,15,18H,7-8,13-14,16H2,1-3H3,(H,26,29). The molecule has 0 aliphatic heterocycles. The monoisotopic (exact) mass is 435 g/mol. The summed E-state index contributed by atoms with van der Waals surface area (Å²) in [6, 6.07) is 15.1. The van der Waals surface area contributed by atoms with Gasteiger partial charge in [0, 0.05) is 24.6 Å². The lowest BCUT2D eigenvalue weighted by Gasteiger charge is -2.13. The number of ether oxygens (including phenoxy) is 3. The number of amides is 1. The van der Waals surface area contributed by atoms with Crippen LogP contribution in [-0.4, -0.2) is 36.5 Å². The van der Waals surface area contributed by atoms with Crippen molar-refractivity contribution in [1.82, 2.24) is 15.1 Å². The third-order valence-corrected chi connectivity index (χ3v) is 5.60. The lowest BCUT2D eigenvalue weighted by molar-refractivity contribution is -0.121. The lowest BCUT2D eigenvalue weighted by atomic mass is 10.1. The lowest BCUT2D eigenvalue weighted by Crippen LogP contribution is -2.25. The van der Waals surface area contributed by atoms with Gasteiger partial charge in [-0.05, 0) is 68.5 Å². The minimum absolute atomic E-state index is 0.0563. The van der Waals surface area contributed by atoms with Crippen molar-refractivity contribution in [3.63, 3.8) is 0 Å². The van der Waals surface area contributed by atoms with E-state index >= 15 is 0 Å². The number of carbonyl (C=O) groups is 1. The van der Waals surface area contributed by atoms with Crippen LogP contribution >= 0.6 is 0 Å². The van der Waals surface area contributed by atoms with E-state index in [1.165, 1.54) is 12.8 Å². The highest BCUT2D eigenvalue weighted by Gasteiger charge is 2.23. The Morgan fingerprint density at radius 2 is 1.78 bits per heavy atom. The van der Waals surface area contributed by atoms with Crippen molar-refractivity contribution in [2.45, 2.75) is 32.6 Å². The molecule has 1 aliphatic carbocycles. The van der Waals surface area contributed by atoms with Gasteiger partial charge in [0.05, 0.1) is 25.6 Å². The molecule has 0 atom stereocenters. The van der Waals surface area contributed by atoms with Crippen molar-refractivity contribution in [3.8, 4) is 28.8 Å². The largest absolute Gasteiger partial charge is 0.497 e. The molecule has 168 valence electrons. The van der Waals surface area contributed by atoms with Crippen molar-refractivity contribution in [2.24, 2.45) is 5.92 Å². The maximum Gasteiger partial charge on any atom is 0.226 e. The zero-order valence-corrected chi connectivity index (χ0v) is 18.8. The Bertz CT molecular complexity index is 1070. The number of hydrogen-bond acceptors (Lipinski definition) is 5. The molecule has 0 saturated heterocycles. The maximum atomic E-state index is 12.4. The predicted molar refractivity (Wildman–Crippen MR) is 122 cm³/mol. The van der Waals surface area contributed by atoms with Crippen LogP contribution in [0.2, 0.25) is 0 Å². The average Bonchev–Trinajstić information content (AvgIpc) is 3.60. The summed E-state index contributed by atoms with van der Waals surface area (Å²) in [5.41, 5.74) is 2.58. The van der Waals surface area contributed by atoms with E-state index in [4.69, 9.17) is 19.3 Å². The number of benzene rings is 2. The minimum Gasteiger partial charge on any atom is -0.497 e. The molecular weight excluding hydrogens is 406 g/mol. The molecule has 1 amide bonds. The number of nitrogens with one attached hydrogen (secondary N) is 1. The molecular formula is C25H29N3O4. The van der Waals surface area contributed by atoms with E-state index in [1.54, 1.807) is 18.9 Å². The van der Waals surface area contributed by atoms with Crippen molar-refractivity contribution in [2.75, 3.05) is 20.8 Å². The van der Waals surface area contributed by atoms with Crippen molar-refractivity contribution in [1.29, 1.82) is 0 Å². The number of aryl methyl sites for hydroxylation is 1. The topological polar surface area (TPSA) is 74.6 Å². The van der Waals surface area contributed by atoms with E-state index in [2.05, 4.69) is 5.32 Å². The Kier molecular flexibility index (Phi) is 6.63. The van der Waals surface area contributed by atoms with Crippen LogP contribution in [0, 0.1) is 12.8 Å². The van der Waals surface area contributed by atoms with Crippen molar-refractivity contribution < 1.29 is 19.0 Å². The summed E-state index contributed by atoms with van der Waals surface area (Å²) in [6.07, 6.45) is 3.35. The van der Waals surface area contributed by atoms with Gasteiger partial charge in [-0.15, -0.1) is 0 Å². The van der Waals surface area contributed by atoms with Gasteiger partial charge in [0.15, 0.2) is 0 Å². The highest BCUT2D eigenvalue weighted by Crippen LogP contribution is 2.33. The van der Waals surface area contributed by atoms with E-state index in [0.717, 1.165) is 29.2 Å². The van der Waals surface area contributed by atoms with E-state index in [9.17, 15) is 4.79 Å². The zero-order chi connectivity index (χ0) is 22.5.